The average molecular weight is 362 g/mol. The molecular formula is C25H31NO. The molecule has 1 aliphatic carbocycles. The molecule has 2 aromatic rings. The highest BCUT2D eigenvalue weighted by Gasteiger charge is 2.11. The monoisotopic (exact) mass is 361 g/mol. The Labute approximate surface area is 164 Å². The van der Waals surface area contributed by atoms with Crippen LogP contribution in [-0.4, -0.2) is 20.2 Å². The molecular weight excluding hydrogens is 330 g/mol. The molecule has 27 heavy (non-hydrogen) atoms. The minimum Gasteiger partial charge on any atom is -0.493 e. The van der Waals surface area contributed by atoms with Crippen molar-refractivity contribution < 1.29 is 4.74 Å². The first-order valence-corrected chi connectivity index (χ1v) is 10.1. The third-order valence-electron chi connectivity index (χ3n) is 5.22. The van der Waals surface area contributed by atoms with E-state index < -0.39 is 0 Å². The van der Waals surface area contributed by atoms with Gasteiger partial charge in [0.05, 0.1) is 6.61 Å². The van der Waals surface area contributed by atoms with Crippen LogP contribution in [0.1, 0.15) is 31.7 Å². The first-order chi connectivity index (χ1) is 13.2. The van der Waals surface area contributed by atoms with Gasteiger partial charge < -0.3 is 9.64 Å². The normalized spacial score (nSPS) is 16.5. The van der Waals surface area contributed by atoms with Crippen molar-refractivity contribution in [3.05, 3.63) is 84.0 Å². The molecule has 2 aromatic carbocycles. The Hall–Kier alpha value is -2.48. The third-order valence-corrected chi connectivity index (χ3v) is 5.22. The lowest BCUT2D eigenvalue weighted by Crippen LogP contribution is -2.24. The molecule has 1 aliphatic rings. The number of anilines is 1. The van der Waals surface area contributed by atoms with E-state index in [-0.39, 0.29) is 0 Å². The summed E-state index contributed by atoms with van der Waals surface area (Å²) in [5.41, 5.74) is 4.03. The fourth-order valence-electron chi connectivity index (χ4n) is 3.49. The average Bonchev–Trinajstić information content (AvgIpc) is 2.94. The summed E-state index contributed by atoms with van der Waals surface area (Å²) in [5, 5.41) is 0. The molecule has 0 spiro atoms. The maximum Gasteiger partial charge on any atom is 0.119 e. The van der Waals surface area contributed by atoms with Gasteiger partial charge in [0.25, 0.3) is 0 Å². The second-order valence-electron chi connectivity index (χ2n) is 7.29. The summed E-state index contributed by atoms with van der Waals surface area (Å²) in [5.74, 6) is 1.55. The number of allylic oxidation sites excluding steroid dienone is 2. The Bertz CT molecular complexity index is 746. The molecule has 0 heterocycles. The molecule has 0 saturated heterocycles. The predicted octanol–water partition coefficient (Wildman–Crippen LogP) is 6.05. The summed E-state index contributed by atoms with van der Waals surface area (Å²) < 4.78 is 5.92. The van der Waals surface area contributed by atoms with E-state index in [1.54, 1.807) is 0 Å². The van der Waals surface area contributed by atoms with E-state index in [4.69, 9.17) is 4.74 Å². The van der Waals surface area contributed by atoms with E-state index in [9.17, 15) is 0 Å². The van der Waals surface area contributed by atoms with Crippen LogP contribution in [0.25, 0.3) is 0 Å². The van der Waals surface area contributed by atoms with Crippen molar-refractivity contribution >= 4 is 5.69 Å². The number of hydrogen-bond acceptors (Lipinski definition) is 2. The lowest BCUT2D eigenvalue weighted by atomic mass is 10.0. The van der Waals surface area contributed by atoms with Crippen LogP contribution in [-0.2, 0) is 6.42 Å². The van der Waals surface area contributed by atoms with Gasteiger partial charge in [-0.2, -0.15) is 0 Å². The van der Waals surface area contributed by atoms with E-state index in [1.807, 2.05) is 0 Å². The molecule has 2 heteroatoms. The van der Waals surface area contributed by atoms with Crippen molar-refractivity contribution in [1.82, 2.24) is 0 Å². The molecule has 142 valence electrons. The van der Waals surface area contributed by atoms with Crippen LogP contribution in [0, 0.1) is 5.92 Å². The lowest BCUT2D eigenvalue weighted by Gasteiger charge is -2.23. The number of hydrogen-bond donors (Lipinski definition) is 0. The minimum absolute atomic E-state index is 0.589. The molecule has 0 aliphatic heterocycles. The van der Waals surface area contributed by atoms with Crippen LogP contribution in [0.5, 0.6) is 5.75 Å². The molecule has 0 fully saturated rings. The summed E-state index contributed by atoms with van der Waals surface area (Å²) >= 11 is 0. The van der Waals surface area contributed by atoms with Gasteiger partial charge in [0.1, 0.15) is 5.75 Å². The van der Waals surface area contributed by atoms with Gasteiger partial charge in [0.2, 0.25) is 0 Å². The van der Waals surface area contributed by atoms with Crippen molar-refractivity contribution in [2.45, 2.75) is 32.6 Å². The maximum atomic E-state index is 5.92. The van der Waals surface area contributed by atoms with Crippen LogP contribution < -0.4 is 9.64 Å². The maximum absolute atomic E-state index is 5.92. The molecule has 0 radical (unpaired) electrons. The van der Waals surface area contributed by atoms with Gasteiger partial charge >= 0.3 is 0 Å². The van der Waals surface area contributed by atoms with Crippen LogP contribution in [0.15, 0.2) is 78.4 Å². The third kappa shape index (κ3) is 6.02. The standard InChI is InChI=1S/C25H31NO/c1-3-21-14-16-25(17-15-21)27-19-18-22-8-7-9-23(13-12-22)20-26(2)24-10-5-4-6-11-24/h4-6,8,10-17,23H,3,7,9,18-20H2,1-2H3. The molecule has 1 unspecified atom stereocenters. The molecule has 0 aromatic heterocycles. The Balaban J connectivity index is 1.45. The Morgan fingerprint density at radius 3 is 2.56 bits per heavy atom. The first kappa shape index (κ1) is 19.3. The summed E-state index contributed by atoms with van der Waals surface area (Å²) in [7, 11) is 2.18. The highest BCUT2D eigenvalue weighted by Crippen LogP contribution is 2.22. The number of rotatable bonds is 8. The smallest absolute Gasteiger partial charge is 0.119 e. The number of nitrogens with zero attached hydrogens (tertiary/aromatic N) is 1. The van der Waals surface area contributed by atoms with Gasteiger partial charge in [-0.25, -0.2) is 0 Å². The van der Waals surface area contributed by atoms with E-state index in [0.29, 0.717) is 5.92 Å². The Kier molecular flexibility index (Phi) is 7.15. The summed E-state index contributed by atoms with van der Waals surface area (Å²) in [6.45, 7) is 3.96. The molecule has 0 saturated carbocycles. The van der Waals surface area contributed by atoms with Gasteiger partial charge in [0, 0.05) is 25.7 Å². The second-order valence-corrected chi connectivity index (χ2v) is 7.29. The van der Waals surface area contributed by atoms with Crippen LogP contribution in [0.2, 0.25) is 0 Å². The van der Waals surface area contributed by atoms with Crippen molar-refractivity contribution in [2.24, 2.45) is 5.92 Å². The van der Waals surface area contributed by atoms with Crippen molar-refractivity contribution in [2.75, 3.05) is 25.1 Å². The molecule has 0 bridgehead atoms. The number of aryl methyl sites for hydroxylation is 1. The van der Waals surface area contributed by atoms with Crippen LogP contribution >= 0.6 is 0 Å². The SMILES string of the molecule is CCc1ccc(OCCC2=CCCC(CN(C)c3ccccc3)C=C2)cc1. The van der Waals surface area contributed by atoms with Gasteiger partial charge in [-0.3, -0.25) is 0 Å². The van der Waals surface area contributed by atoms with E-state index in [0.717, 1.165) is 38.2 Å². The lowest BCUT2D eigenvalue weighted by molar-refractivity contribution is 0.322. The fourth-order valence-corrected chi connectivity index (χ4v) is 3.49. The van der Waals surface area contributed by atoms with Crippen molar-refractivity contribution in [3.63, 3.8) is 0 Å². The summed E-state index contributed by atoms with van der Waals surface area (Å²) in [6.07, 6.45) is 11.4. The highest BCUT2D eigenvalue weighted by molar-refractivity contribution is 5.45. The van der Waals surface area contributed by atoms with Gasteiger partial charge in [-0.15, -0.1) is 0 Å². The number of ether oxygens (including phenoxy) is 1. The molecule has 0 N–H and O–H groups in total. The number of benzene rings is 2. The van der Waals surface area contributed by atoms with Crippen molar-refractivity contribution in [3.8, 4) is 5.75 Å². The molecule has 3 rings (SSSR count). The van der Waals surface area contributed by atoms with E-state index in [1.165, 1.54) is 23.2 Å². The topological polar surface area (TPSA) is 12.5 Å². The van der Waals surface area contributed by atoms with Crippen LogP contribution in [0.4, 0.5) is 5.69 Å². The second kappa shape index (κ2) is 10.0. The van der Waals surface area contributed by atoms with Crippen LogP contribution in [0.3, 0.4) is 0 Å². The zero-order valence-electron chi connectivity index (χ0n) is 16.6. The van der Waals surface area contributed by atoms with Gasteiger partial charge in [0.15, 0.2) is 0 Å². The Morgan fingerprint density at radius 1 is 1.04 bits per heavy atom. The largest absolute Gasteiger partial charge is 0.493 e. The zero-order valence-corrected chi connectivity index (χ0v) is 16.6. The molecule has 1 atom stereocenters. The quantitative estimate of drug-likeness (QED) is 0.568. The van der Waals surface area contributed by atoms with Crippen molar-refractivity contribution in [1.29, 1.82) is 0 Å². The van der Waals surface area contributed by atoms with E-state index >= 15 is 0 Å². The fraction of sp³-hybridized carbons (Fsp3) is 0.360. The summed E-state index contributed by atoms with van der Waals surface area (Å²) in [4.78, 5) is 2.35. The Morgan fingerprint density at radius 2 is 1.81 bits per heavy atom. The number of para-hydroxylation sites is 1. The zero-order chi connectivity index (χ0) is 18.9. The minimum atomic E-state index is 0.589. The van der Waals surface area contributed by atoms with Gasteiger partial charge in [-0.1, -0.05) is 55.5 Å². The van der Waals surface area contributed by atoms with E-state index in [2.05, 4.69) is 91.7 Å². The predicted molar refractivity (Wildman–Crippen MR) is 116 cm³/mol. The highest BCUT2D eigenvalue weighted by atomic mass is 16.5. The first-order valence-electron chi connectivity index (χ1n) is 10.1. The molecule has 2 nitrogen and oxygen atoms in total. The molecule has 0 amide bonds. The summed E-state index contributed by atoms with van der Waals surface area (Å²) in [6, 6.07) is 19.1. The van der Waals surface area contributed by atoms with Gasteiger partial charge in [-0.05, 0) is 60.6 Å².